The molecule has 1 aromatic heterocycles. The summed E-state index contributed by atoms with van der Waals surface area (Å²) in [6.07, 6.45) is 3.58. The van der Waals surface area contributed by atoms with Crippen LogP contribution in [0.1, 0.15) is 30.2 Å². The number of hydrogen-bond donors (Lipinski definition) is 1. The van der Waals surface area contributed by atoms with E-state index in [9.17, 15) is 0 Å². The first-order valence-electron chi connectivity index (χ1n) is 6.13. The zero-order valence-corrected chi connectivity index (χ0v) is 10.8. The number of rotatable bonds is 5. The Morgan fingerprint density at radius 2 is 2.00 bits per heavy atom. The minimum Gasteiger partial charge on any atom is -0.372 e. The van der Waals surface area contributed by atoms with Crippen LogP contribution in [0.25, 0.3) is 0 Å². The van der Waals surface area contributed by atoms with Crippen molar-refractivity contribution in [2.45, 2.75) is 19.1 Å². The molecule has 1 aromatic carbocycles. The predicted molar refractivity (Wildman–Crippen MR) is 70.9 cm³/mol. The summed E-state index contributed by atoms with van der Waals surface area (Å²) >= 11 is 0. The van der Waals surface area contributed by atoms with Gasteiger partial charge >= 0.3 is 0 Å². The minimum absolute atomic E-state index is 0.139. The number of hydrogen-bond acceptors (Lipinski definition) is 3. The van der Waals surface area contributed by atoms with Crippen LogP contribution in [-0.2, 0) is 11.8 Å². The highest BCUT2D eigenvalue weighted by Crippen LogP contribution is 2.29. The second kappa shape index (κ2) is 5.80. The van der Waals surface area contributed by atoms with E-state index in [1.165, 1.54) is 0 Å². The normalized spacial score (nSPS) is 14.4. The summed E-state index contributed by atoms with van der Waals surface area (Å²) in [5.41, 5.74) is 8.37. The molecule has 4 heteroatoms. The largest absolute Gasteiger partial charge is 0.372 e. The summed E-state index contributed by atoms with van der Waals surface area (Å²) in [5.74, 6) is 0. The summed E-state index contributed by atoms with van der Waals surface area (Å²) < 4.78 is 7.54. The van der Waals surface area contributed by atoms with Crippen molar-refractivity contribution in [2.24, 2.45) is 12.8 Å². The van der Waals surface area contributed by atoms with Gasteiger partial charge in [0.1, 0.15) is 6.10 Å². The summed E-state index contributed by atoms with van der Waals surface area (Å²) in [7, 11) is 1.88. The zero-order chi connectivity index (χ0) is 13.0. The Kier molecular flexibility index (Phi) is 4.12. The van der Waals surface area contributed by atoms with E-state index in [0.717, 1.165) is 11.1 Å². The van der Waals surface area contributed by atoms with Crippen LogP contribution in [0.5, 0.6) is 0 Å². The SMILES string of the molecule is CCOC(c1ccccc1)C(N)c1cnn(C)c1. The van der Waals surface area contributed by atoms with E-state index in [4.69, 9.17) is 10.5 Å². The molecule has 0 saturated heterocycles. The molecule has 2 atom stereocenters. The first kappa shape index (κ1) is 12.8. The van der Waals surface area contributed by atoms with Crippen molar-refractivity contribution in [3.05, 3.63) is 53.9 Å². The van der Waals surface area contributed by atoms with Gasteiger partial charge in [0.15, 0.2) is 0 Å². The number of aryl methyl sites for hydroxylation is 1. The maximum Gasteiger partial charge on any atom is 0.102 e. The number of aromatic nitrogens is 2. The van der Waals surface area contributed by atoms with Crippen molar-refractivity contribution in [3.8, 4) is 0 Å². The quantitative estimate of drug-likeness (QED) is 0.878. The Bertz CT molecular complexity index is 481. The molecule has 0 amide bonds. The molecule has 0 saturated carbocycles. The standard InChI is InChI=1S/C14H19N3O/c1-3-18-14(11-7-5-4-6-8-11)13(15)12-9-16-17(2)10-12/h4-10,13-14H,3,15H2,1-2H3. The van der Waals surface area contributed by atoms with E-state index in [0.29, 0.717) is 6.61 Å². The van der Waals surface area contributed by atoms with Gasteiger partial charge in [0.2, 0.25) is 0 Å². The Morgan fingerprint density at radius 1 is 1.28 bits per heavy atom. The lowest BCUT2D eigenvalue weighted by Crippen LogP contribution is -2.22. The summed E-state index contributed by atoms with van der Waals surface area (Å²) in [6.45, 7) is 2.61. The Labute approximate surface area is 107 Å². The van der Waals surface area contributed by atoms with E-state index < -0.39 is 0 Å². The predicted octanol–water partition coefficient (Wildman–Crippen LogP) is 2.20. The van der Waals surface area contributed by atoms with Crippen molar-refractivity contribution < 1.29 is 4.74 Å². The highest BCUT2D eigenvalue weighted by atomic mass is 16.5. The Hall–Kier alpha value is -1.65. The Morgan fingerprint density at radius 3 is 2.56 bits per heavy atom. The lowest BCUT2D eigenvalue weighted by molar-refractivity contribution is 0.0429. The third-order valence-corrected chi connectivity index (χ3v) is 2.91. The van der Waals surface area contributed by atoms with Gasteiger partial charge in [-0.1, -0.05) is 30.3 Å². The van der Waals surface area contributed by atoms with Gasteiger partial charge in [-0.3, -0.25) is 4.68 Å². The van der Waals surface area contributed by atoms with Gasteiger partial charge in [-0.05, 0) is 12.5 Å². The molecule has 2 rings (SSSR count). The van der Waals surface area contributed by atoms with Crippen molar-refractivity contribution >= 4 is 0 Å². The molecule has 0 bridgehead atoms. The van der Waals surface area contributed by atoms with Gasteiger partial charge in [-0.25, -0.2) is 0 Å². The summed E-state index contributed by atoms with van der Waals surface area (Å²) in [5, 5.41) is 4.16. The van der Waals surface area contributed by atoms with Crippen molar-refractivity contribution in [1.82, 2.24) is 9.78 Å². The van der Waals surface area contributed by atoms with Crippen molar-refractivity contribution in [1.29, 1.82) is 0 Å². The third kappa shape index (κ3) is 2.78. The fraction of sp³-hybridized carbons (Fsp3) is 0.357. The third-order valence-electron chi connectivity index (χ3n) is 2.91. The van der Waals surface area contributed by atoms with Crippen LogP contribution in [0.3, 0.4) is 0 Å². The highest BCUT2D eigenvalue weighted by Gasteiger charge is 2.22. The number of benzene rings is 1. The topological polar surface area (TPSA) is 53.1 Å². The molecule has 2 aromatic rings. The van der Waals surface area contributed by atoms with E-state index in [-0.39, 0.29) is 12.1 Å². The summed E-state index contributed by atoms with van der Waals surface area (Å²) in [4.78, 5) is 0. The average Bonchev–Trinajstić information content (AvgIpc) is 2.83. The van der Waals surface area contributed by atoms with Crippen LogP contribution in [0.4, 0.5) is 0 Å². The van der Waals surface area contributed by atoms with Gasteiger partial charge in [0.25, 0.3) is 0 Å². The maximum absolute atomic E-state index is 6.29. The molecule has 2 N–H and O–H groups in total. The lowest BCUT2D eigenvalue weighted by Gasteiger charge is -2.23. The maximum atomic E-state index is 6.29. The fourth-order valence-electron chi connectivity index (χ4n) is 2.02. The first-order chi connectivity index (χ1) is 8.72. The zero-order valence-electron chi connectivity index (χ0n) is 10.8. The van der Waals surface area contributed by atoms with Crippen LogP contribution in [0.15, 0.2) is 42.7 Å². The molecule has 0 spiro atoms. The average molecular weight is 245 g/mol. The molecular weight excluding hydrogens is 226 g/mol. The molecule has 18 heavy (non-hydrogen) atoms. The van der Waals surface area contributed by atoms with Gasteiger partial charge in [0, 0.05) is 25.4 Å². The number of nitrogens with two attached hydrogens (primary N) is 1. The molecule has 4 nitrogen and oxygen atoms in total. The Balaban J connectivity index is 2.25. The van der Waals surface area contributed by atoms with Crippen LogP contribution >= 0.6 is 0 Å². The van der Waals surface area contributed by atoms with E-state index >= 15 is 0 Å². The minimum atomic E-state index is -0.207. The van der Waals surface area contributed by atoms with E-state index in [1.54, 1.807) is 10.9 Å². The monoisotopic (exact) mass is 245 g/mol. The second-order valence-corrected chi connectivity index (χ2v) is 4.26. The highest BCUT2D eigenvalue weighted by molar-refractivity contribution is 5.23. The van der Waals surface area contributed by atoms with Gasteiger partial charge in [-0.15, -0.1) is 0 Å². The molecule has 0 aliphatic rings. The smallest absolute Gasteiger partial charge is 0.102 e. The fourth-order valence-corrected chi connectivity index (χ4v) is 2.02. The number of ether oxygens (including phenoxy) is 1. The van der Waals surface area contributed by atoms with Gasteiger partial charge in [-0.2, -0.15) is 5.10 Å². The van der Waals surface area contributed by atoms with Crippen molar-refractivity contribution in [3.63, 3.8) is 0 Å². The van der Waals surface area contributed by atoms with Gasteiger partial charge < -0.3 is 10.5 Å². The van der Waals surface area contributed by atoms with Crippen LogP contribution in [0, 0.1) is 0 Å². The van der Waals surface area contributed by atoms with E-state index in [1.807, 2.05) is 50.5 Å². The van der Waals surface area contributed by atoms with Crippen LogP contribution in [-0.4, -0.2) is 16.4 Å². The summed E-state index contributed by atoms with van der Waals surface area (Å²) in [6, 6.07) is 9.85. The molecule has 96 valence electrons. The molecule has 0 aliphatic carbocycles. The molecule has 0 radical (unpaired) electrons. The van der Waals surface area contributed by atoms with Crippen LogP contribution in [0.2, 0.25) is 0 Å². The molecule has 1 heterocycles. The lowest BCUT2D eigenvalue weighted by atomic mass is 9.98. The second-order valence-electron chi connectivity index (χ2n) is 4.26. The molecular formula is C14H19N3O. The molecule has 0 aliphatic heterocycles. The number of nitrogens with zero attached hydrogens (tertiary/aromatic N) is 2. The van der Waals surface area contributed by atoms with Gasteiger partial charge in [0.05, 0.1) is 12.2 Å². The first-order valence-corrected chi connectivity index (χ1v) is 6.13. The van der Waals surface area contributed by atoms with E-state index in [2.05, 4.69) is 5.10 Å². The molecule has 2 unspecified atom stereocenters. The van der Waals surface area contributed by atoms with Crippen LogP contribution < -0.4 is 5.73 Å². The molecule has 0 fully saturated rings. The van der Waals surface area contributed by atoms with Crippen molar-refractivity contribution in [2.75, 3.05) is 6.61 Å².